The van der Waals surface area contributed by atoms with Crippen LogP contribution in [0.25, 0.3) is 10.4 Å². The Kier molecular flexibility index (Phi) is 3.94. The van der Waals surface area contributed by atoms with Gasteiger partial charge in [0.05, 0.1) is 0 Å². The quantitative estimate of drug-likeness (QED) is 0.189. The van der Waals surface area contributed by atoms with Crippen LogP contribution in [-0.4, -0.2) is 5.97 Å². The lowest BCUT2D eigenvalue weighted by Gasteiger charge is -2.02. The fraction of sp³-hybridized carbons (Fsp3) is 0.100. The van der Waals surface area contributed by atoms with E-state index in [1.165, 1.54) is 6.92 Å². The number of rotatable bonds is 3. The second-order valence-electron chi connectivity index (χ2n) is 2.72. The highest BCUT2D eigenvalue weighted by Gasteiger charge is 2.05. The summed E-state index contributed by atoms with van der Waals surface area (Å²) in [6.07, 6.45) is 1.12. The largest absolute Gasteiger partial charge is 0.423 e. The minimum absolute atomic E-state index is 0.247. The summed E-state index contributed by atoms with van der Waals surface area (Å²) in [5, 5.41) is 3.15. The van der Waals surface area contributed by atoms with Crippen LogP contribution in [0.15, 0.2) is 47.2 Å². The Labute approximate surface area is 86.6 Å². The van der Waals surface area contributed by atoms with Gasteiger partial charge in [0.2, 0.25) is 0 Å². The molecule has 0 spiro atoms. The molecule has 76 valence electrons. The molecular weight excluding hydrogens is 194 g/mol. The standard InChI is InChI=1S/C10H9N3O2/c1-8(7-12-13-11)10(14)15-9-5-3-2-4-6-9/h2-7H,1H3. The van der Waals surface area contributed by atoms with Gasteiger partial charge in [0.25, 0.3) is 0 Å². The molecule has 0 unspecified atom stereocenters. The van der Waals surface area contributed by atoms with E-state index in [4.69, 9.17) is 10.3 Å². The zero-order chi connectivity index (χ0) is 11.1. The van der Waals surface area contributed by atoms with Crippen molar-refractivity contribution in [3.63, 3.8) is 0 Å². The highest BCUT2D eigenvalue weighted by atomic mass is 16.5. The van der Waals surface area contributed by atoms with Crippen molar-refractivity contribution in [2.45, 2.75) is 6.92 Å². The Morgan fingerprint density at radius 1 is 1.47 bits per heavy atom. The second kappa shape index (κ2) is 5.47. The summed E-state index contributed by atoms with van der Waals surface area (Å²) < 4.78 is 4.98. The van der Waals surface area contributed by atoms with Crippen molar-refractivity contribution in [2.24, 2.45) is 5.11 Å². The van der Waals surface area contributed by atoms with Gasteiger partial charge in [0, 0.05) is 16.7 Å². The van der Waals surface area contributed by atoms with E-state index >= 15 is 0 Å². The van der Waals surface area contributed by atoms with Crippen LogP contribution in [0.4, 0.5) is 0 Å². The molecular formula is C10H9N3O2. The summed E-state index contributed by atoms with van der Waals surface area (Å²) >= 11 is 0. The Morgan fingerprint density at radius 2 is 2.13 bits per heavy atom. The minimum atomic E-state index is -0.534. The number of carbonyl (C=O) groups excluding carboxylic acids is 1. The molecule has 0 amide bonds. The fourth-order valence-corrected chi connectivity index (χ4v) is 0.841. The molecule has 15 heavy (non-hydrogen) atoms. The van der Waals surface area contributed by atoms with E-state index in [0.29, 0.717) is 5.75 Å². The molecule has 0 aliphatic heterocycles. The lowest BCUT2D eigenvalue weighted by Crippen LogP contribution is -2.08. The molecule has 0 fully saturated rings. The Morgan fingerprint density at radius 3 is 2.73 bits per heavy atom. The summed E-state index contributed by atoms with van der Waals surface area (Å²) in [4.78, 5) is 13.9. The van der Waals surface area contributed by atoms with E-state index in [1.54, 1.807) is 24.3 Å². The van der Waals surface area contributed by atoms with Gasteiger partial charge in [-0.1, -0.05) is 23.3 Å². The van der Waals surface area contributed by atoms with E-state index in [1.807, 2.05) is 6.07 Å². The molecule has 0 aromatic heterocycles. The monoisotopic (exact) mass is 203 g/mol. The Balaban J connectivity index is 2.68. The third-order valence-electron chi connectivity index (χ3n) is 1.58. The van der Waals surface area contributed by atoms with Crippen molar-refractivity contribution in [3.8, 4) is 5.75 Å². The molecule has 1 aromatic rings. The Bertz CT molecular complexity index is 420. The van der Waals surface area contributed by atoms with Gasteiger partial charge in [-0.15, -0.1) is 0 Å². The van der Waals surface area contributed by atoms with Gasteiger partial charge in [-0.05, 0) is 24.6 Å². The molecule has 1 rings (SSSR count). The molecule has 0 bridgehead atoms. The number of benzene rings is 1. The summed E-state index contributed by atoms with van der Waals surface area (Å²) in [6.45, 7) is 1.51. The highest BCUT2D eigenvalue weighted by molar-refractivity contribution is 5.89. The first-order valence-electron chi connectivity index (χ1n) is 4.22. The predicted molar refractivity (Wildman–Crippen MR) is 55.0 cm³/mol. The first kappa shape index (κ1) is 10.8. The van der Waals surface area contributed by atoms with Crippen LogP contribution in [0.5, 0.6) is 5.75 Å². The second-order valence-corrected chi connectivity index (χ2v) is 2.72. The van der Waals surface area contributed by atoms with Crippen molar-refractivity contribution in [1.82, 2.24) is 0 Å². The molecule has 0 atom stereocenters. The van der Waals surface area contributed by atoms with E-state index in [9.17, 15) is 4.79 Å². The van der Waals surface area contributed by atoms with E-state index in [2.05, 4.69) is 10.0 Å². The van der Waals surface area contributed by atoms with Crippen molar-refractivity contribution in [1.29, 1.82) is 0 Å². The SMILES string of the molecule is CC(=CN=[N+]=[N-])C(=O)Oc1ccccc1. The lowest BCUT2D eigenvalue weighted by atomic mass is 10.3. The van der Waals surface area contributed by atoms with Crippen LogP contribution in [0, 0.1) is 0 Å². The summed E-state index contributed by atoms with van der Waals surface area (Å²) in [5.41, 5.74) is 8.30. The van der Waals surface area contributed by atoms with E-state index in [-0.39, 0.29) is 5.57 Å². The maximum Gasteiger partial charge on any atom is 0.338 e. The molecule has 0 heterocycles. The van der Waals surface area contributed by atoms with Gasteiger partial charge >= 0.3 is 5.97 Å². The van der Waals surface area contributed by atoms with Gasteiger partial charge in [-0.25, -0.2) is 4.79 Å². The summed E-state index contributed by atoms with van der Waals surface area (Å²) in [5.74, 6) is -0.0789. The molecule has 0 aliphatic carbocycles. The zero-order valence-electron chi connectivity index (χ0n) is 8.12. The summed E-state index contributed by atoms with van der Waals surface area (Å²) in [7, 11) is 0. The number of azide groups is 1. The van der Waals surface area contributed by atoms with Crippen LogP contribution >= 0.6 is 0 Å². The highest BCUT2D eigenvalue weighted by Crippen LogP contribution is 2.10. The number of ether oxygens (including phenoxy) is 1. The number of carbonyl (C=O) groups is 1. The van der Waals surface area contributed by atoms with Crippen LogP contribution in [0.1, 0.15) is 6.92 Å². The van der Waals surface area contributed by atoms with Gasteiger partial charge in [0.1, 0.15) is 5.75 Å². The van der Waals surface area contributed by atoms with Gasteiger partial charge in [-0.3, -0.25) is 0 Å². The molecule has 0 saturated carbocycles. The zero-order valence-corrected chi connectivity index (χ0v) is 8.12. The fourth-order valence-electron chi connectivity index (χ4n) is 0.841. The molecule has 5 nitrogen and oxygen atoms in total. The average Bonchev–Trinajstić information content (AvgIpc) is 2.27. The number of nitrogens with zero attached hydrogens (tertiary/aromatic N) is 3. The number of hydrogen-bond acceptors (Lipinski definition) is 3. The van der Waals surface area contributed by atoms with Crippen molar-refractivity contribution < 1.29 is 9.53 Å². The van der Waals surface area contributed by atoms with Gasteiger partial charge in [-0.2, -0.15) is 0 Å². The van der Waals surface area contributed by atoms with Crippen molar-refractivity contribution >= 4 is 5.97 Å². The number of para-hydroxylation sites is 1. The Hall–Kier alpha value is -2.26. The minimum Gasteiger partial charge on any atom is -0.423 e. The van der Waals surface area contributed by atoms with Crippen molar-refractivity contribution in [2.75, 3.05) is 0 Å². The van der Waals surface area contributed by atoms with Gasteiger partial charge in [0.15, 0.2) is 0 Å². The predicted octanol–water partition coefficient (Wildman–Crippen LogP) is 2.81. The number of esters is 1. The van der Waals surface area contributed by atoms with Crippen LogP contribution < -0.4 is 4.74 Å². The molecule has 0 saturated heterocycles. The topological polar surface area (TPSA) is 75.1 Å². The first-order chi connectivity index (χ1) is 7.24. The average molecular weight is 203 g/mol. The molecule has 0 N–H and O–H groups in total. The first-order valence-corrected chi connectivity index (χ1v) is 4.22. The number of hydrogen-bond donors (Lipinski definition) is 0. The van der Waals surface area contributed by atoms with E-state index < -0.39 is 5.97 Å². The van der Waals surface area contributed by atoms with Crippen LogP contribution in [-0.2, 0) is 4.79 Å². The van der Waals surface area contributed by atoms with Gasteiger partial charge < -0.3 is 4.74 Å². The van der Waals surface area contributed by atoms with E-state index in [0.717, 1.165) is 6.20 Å². The lowest BCUT2D eigenvalue weighted by molar-refractivity contribution is -0.130. The third-order valence-corrected chi connectivity index (χ3v) is 1.58. The summed E-state index contributed by atoms with van der Waals surface area (Å²) in [6, 6.07) is 8.67. The molecule has 0 aliphatic rings. The molecule has 0 radical (unpaired) electrons. The molecule has 5 heteroatoms. The third kappa shape index (κ3) is 3.54. The van der Waals surface area contributed by atoms with Crippen LogP contribution in [0.2, 0.25) is 0 Å². The molecule has 1 aromatic carbocycles. The maximum atomic E-state index is 11.3. The normalized spacial score (nSPS) is 10.3. The van der Waals surface area contributed by atoms with Crippen molar-refractivity contribution in [3.05, 3.63) is 52.5 Å². The van der Waals surface area contributed by atoms with Crippen LogP contribution in [0.3, 0.4) is 0 Å². The maximum absolute atomic E-state index is 11.3. The smallest absolute Gasteiger partial charge is 0.338 e.